The van der Waals surface area contributed by atoms with Gasteiger partial charge in [0.15, 0.2) is 0 Å². The molecule has 3 heteroatoms. The normalized spacial score (nSPS) is 15.6. The van der Waals surface area contributed by atoms with Crippen LogP contribution < -0.4 is 5.32 Å². The number of carbonyl (C=O) groups is 1. The van der Waals surface area contributed by atoms with Gasteiger partial charge in [-0.3, -0.25) is 4.79 Å². The number of amides is 1. The molecule has 0 aromatic heterocycles. The molecular weight excluding hydrogens is 142 g/mol. The van der Waals surface area contributed by atoms with Crippen molar-refractivity contribution in [3.63, 3.8) is 0 Å². The van der Waals surface area contributed by atoms with E-state index in [-0.39, 0.29) is 11.9 Å². The highest BCUT2D eigenvalue weighted by molar-refractivity contribution is 5.73. The summed E-state index contributed by atoms with van der Waals surface area (Å²) in [5.74, 6) is -0.0793. The molecule has 0 aliphatic rings. The second-order valence-corrected chi connectivity index (χ2v) is 2.84. The van der Waals surface area contributed by atoms with Gasteiger partial charge in [0, 0.05) is 6.92 Å². The van der Waals surface area contributed by atoms with E-state index in [1.807, 2.05) is 6.92 Å². The molecule has 0 spiro atoms. The van der Waals surface area contributed by atoms with Crippen LogP contribution >= 0.6 is 0 Å². The van der Waals surface area contributed by atoms with Crippen molar-refractivity contribution in [3.8, 4) is 0 Å². The zero-order valence-corrected chi connectivity index (χ0v) is 7.42. The van der Waals surface area contributed by atoms with Crippen LogP contribution in [0.5, 0.6) is 0 Å². The van der Waals surface area contributed by atoms with E-state index in [0.29, 0.717) is 0 Å². The van der Waals surface area contributed by atoms with Gasteiger partial charge in [0.2, 0.25) is 5.91 Å². The van der Waals surface area contributed by atoms with Crippen molar-refractivity contribution in [1.29, 1.82) is 0 Å². The van der Waals surface area contributed by atoms with E-state index in [1.54, 1.807) is 6.92 Å². The molecule has 0 bridgehead atoms. The summed E-state index contributed by atoms with van der Waals surface area (Å²) in [5.41, 5.74) is 0. The Morgan fingerprint density at radius 2 is 2.18 bits per heavy atom. The lowest BCUT2D eigenvalue weighted by Crippen LogP contribution is -2.40. The number of rotatable bonds is 4. The van der Waals surface area contributed by atoms with E-state index in [4.69, 9.17) is 0 Å². The first-order valence-corrected chi connectivity index (χ1v) is 4.03. The summed E-state index contributed by atoms with van der Waals surface area (Å²) in [6.07, 6.45) is 1.34. The molecule has 0 heterocycles. The van der Waals surface area contributed by atoms with E-state index >= 15 is 0 Å². The van der Waals surface area contributed by atoms with Crippen LogP contribution in [0.3, 0.4) is 0 Å². The van der Waals surface area contributed by atoms with Gasteiger partial charge >= 0.3 is 0 Å². The van der Waals surface area contributed by atoms with Crippen LogP contribution in [-0.2, 0) is 4.79 Å². The topological polar surface area (TPSA) is 49.3 Å². The summed E-state index contributed by atoms with van der Waals surface area (Å²) >= 11 is 0. The molecule has 0 aliphatic heterocycles. The van der Waals surface area contributed by atoms with Gasteiger partial charge in [-0.1, -0.05) is 13.3 Å². The Labute approximate surface area is 67.8 Å². The Hall–Kier alpha value is -0.570. The monoisotopic (exact) mass is 159 g/mol. The highest BCUT2D eigenvalue weighted by atomic mass is 16.3. The smallest absolute Gasteiger partial charge is 0.217 e. The van der Waals surface area contributed by atoms with Crippen molar-refractivity contribution >= 4 is 5.91 Å². The molecule has 3 nitrogen and oxygen atoms in total. The van der Waals surface area contributed by atoms with Crippen LogP contribution in [-0.4, -0.2) is 23.2 Å². The van der Waals surface area contributed by atoms with Gasteiger partial charge in [0.1, 0.15) is 0 Å². The van der Waals surface area contributed by atoms with Gasteiger partial charge in [-0.05, 0) is 13.3 Å². The zero-order valence-electron chi connectivity index (χ0n) is 7.42. The number of aliphatic hydroxyl groups is 1. The van der Waals surface area contributed by atoms with Gasteiger partial charge in [-0.15, -0.1) is 0 Å². The van der Waals surface area contributed by atoms with Crippen molar-refractivity contribution in [2.75, 3.05) is 0 Å². The van der Waals surface area contributed by atoms with Gasteiger partial charge in [-0.25, -0.2) is 0 Å². The minimum absolute atomic E-state index is 0.0793. The summed E-state index contributed by atoms with van der Waals surface area (Å²) < 4.78 is 0. The highest BCUT2D eigenvalue weighted by Gasteiger charge is 2.13. The van der Waals surface area contributed by atoms with E-state index < -0.39 is 6.10 Å². The second kappa shape index (κ2) is 5.13. The third kappa shape index (κ3) is 4.79. The van der Waals surface area contributed by atoms with E-state index in [0.717, 1.165) is 12.8 Å². The fourth-order valence-corrected chi connectivity index (χ4v) is 1.01. The molecule has 0 saturated heterocycles. The molecule has 11 heavy (non-hydrogen) atoms. The van der Waals surface area contributed by atoms with Gasteiger partial charge in [-0.2, -0.15) is 0 Å². The number of hydrogen-bond acceptors (Lipinski definition) is 2. The molecule has 0 radical (unpaired) electrons. The van der Waals surface area contributed by atoms with Crippen molar-refractivity contribution in [1.82, 2.24) is 5.32 Å². The molecule has 2 N–H and O–H groups in total. The van der Waals surface area contributed by atoms with Crippen LogP contribution in [0.4, 0.5) is 0 Å². The Morgan fingerprint density at radius 1 is 1.64 bits per heavy atom. The maximum Gasteiger partial charge on any atom is 0.217 e. The van der Waals surface area contributed by atoms with Crippen molar-refractivity contribution < 1.29 is 9.90 Å². The summed E-state index contributed by atoms with van der Waals surface area (Å²) in [5, 5.41) is 11.9. The summed E-state index contributed by atoms with van der Waals surface area (Å²) in [6.45, 7) is 5.18. The quantitative estimate of drug-likeness (QED) is 0.633. The Balaban J connectivity index is 3.79. The predicted octanol–water partition coefficient (Wildman–Crippen LogP) is 0.672. The van der Waals surface area contributed by atoms with Crippen molar-refractivity contribution in [2.45, 2.75) is 45.8 Å². The first-order valence-electron chi connectivity index (χ1n) is 4.03. The van der Waals surface area contributed by atoms with Crippen LogP contribution in [0, 0.1) is 0 Å². The molecule has 0 aliphatic carbocycles. The standard InChI is InChI=1S/C8H17NO2/c1-4-5-8(6(2)10)9-7(3)11/h6,8,10H,4-5H2,1-3H3,(H,9,11). The predicted molar refractivity (Wildman–Crippen MR) is 44.2 cm³/mol. The number of nitrogens with one attached hydrogen (secondary N) is 1. The summed E-state index contributed by atoms with van der Waals surface area (Å²) in [7, 11) is 0. The highest BCUT2D eigenvalue weighted by Crippen LogP contribution is 2.01. The molecule has 0 saturated carbocycles. The Morgan fingerprint density at radius 3 is 2.45 bits per heavy atom. The maximum atomic E-state index is 10.6. The number of hydrogen-bond donors (Lipinski definition) is 2. The fourth-order valence-electron chi connectivity index (χ4n) is 1.01. The van der Waals surface area contributed by atoms with E-state index in [9.17, 15) is 9.90 Å². The van der Waals surface area contributed by atoms with Crippen LogP contribution in [0.1, 0.15) is 33.6 Å². The lowest BCUT2D eigenvalue weighted by molar-refractivity contribution is -0.120. The molecule has 2 atom stereocenters. The zero-order chi connectivity index (χ0) is 8.85. The third-order valence-electron chi connectivity index (χ3n) is 1.57. The van der Waals surface area contributed by atoms with Crippen LogP contribution in [0.25, 0.3) is 0 Å². The molecular formula is C8H17NO2. The molecule has 2 unspecified atom stereocenters. The van der Waals surface area contributed by atoms with E-state index in [2.05, 4.69) is 5.32 Å². The average molecular weight is 159 g/mol. The third-order valence-corrected chi connectivity index (χ3v) is 1.57. The lowest BCUT2D eigenvalue weighted by atomic mass is 10.1. The molecule has 66 valence electrons. The number of aliphatic hydroxyl groups excluding tert-OH is 1. The molecule has 0 aromatic rings. The van der Waals surface area contributed by atoms with Gasteiger partial charge < -0.3 is 10.4 Å². The SMILES string of the molecule is CCCC(NC(C)=O)C(C)O. The lowest BCUT2D eigenvalue weighted by Gasteiger charge is -2.19. The van der Waals surface area contributed by atoms with Gasteiger partial charge in [0.05, 0.1) is 12.1 Å². The van der Waals surface area contributed by atoms with Crippen molar-refractivity contribution in [3.05, 3.63) is 0 Å². The molecule has 1 amide bonds. The van der Waals surface area contributed by atoms with Crippen molar-refractivity contribution in [2.24, 2.45) is 0 Å². The minimum Gasteiger partial charge on any atom is -0.391 e. The van der Waals surface area contributed by atoms with Crippen LogP contribution in [0.15, 0.2) is 0 Å². The van der Waals surface area contributed by atoms with E-state index in [1.165, 1.54) is 6.92 Å². The second-order valence-electron chi connectivity index (χ2n) is 2.84. The first-order chi connectivity index (χ1) is 5.07. The summed E-state index contributed by atoms with van der Waals surface area (Å²) in [6, 6.07) is -0.0856. The minimum atomic E-state index is -0.459. The number of carbonyl (C=O) groups excluding carboxylic acids is 1. The summed E-state index contributed by atoms with van der Waals surface area (Å²) in [4.78, 5) is 10.6. The molecule has 0 fully saturated rings. The molecule has 0 aromatic carbocycles. The average Bonchev–Trinajstić information content (AvgIpc) is 1.86. The molecule has 0 rings (SSSR count). The largest absolute Gasteiger partial charge is 0.391 e. The Bertz CT molecular complexity index is 123. The van der Waals surface area contributed by atoms with Gasteiger partial charge in [0.25, 0.3) is 0 Å². The fraction of sp³-hybridized carbons (Fsp3) is 0.875. The van der Waals surface area contributed by atoms with Crippen LogP contribution in [0.2, 0.25) is 0 Å². The first kappa shape index (κ1) is 10.4. The Kier molecular flexibility index (Phi) is 4.86. The maximum absolute atomic E-state index is 10.6.